The van der Waals surface area contributed by atoms with Gasteiger partial charge in [-0.3, -0.25) is 0 Å². The number of hydrogen-bond donors (Lipinski definition) is 3. The molecule has 0 amide bonds. The van der Waals surface area contributed by atoms with Crippen molar-refractivity contribution in [2.45, 2.75) is 24.6 Å². The van der Waals surface area contributed by atoms with Crippen LogP contribution in [0.1, 0.15) is 11.9 Å². The Bertz CT molecular complexity index is 333. The number of rotatable bonds is 1. The summed E-state index contributed by atoms with van der Waals surface area (Å²) in [5, 5.41) is 38.6. The quantitative estimate of drug-likeness (QED) is 0.513. The van der Waals surface area contributed by atoms with Gasteiger partial charge in [0.25, 0.3) is 0 Å². The molecule has 1 aliphatic heterocycles. The molecule has 1 aromatic rings. The van der Waals surface area contributed by atoms with Gasteiger partial charge in [0, 0.05) is 0 Å². The van der Waals surface area contributed by atoms with Crippen molar-refractivity contribution in [1.29, 1.82) is 0 Å². The summed E-state index contributed by atoms with van der Waals surface area (Å²) in [6, 6.07) is 0. The van der Waals surface area contributed by atoms with Crippen molar-refractivity contribution in [3.63, 3.8) is 0 Å². The molecule has 1 fully saturated rings. The molecule has 0 radical (unpaired) electrons. The van der Waals surface area contributed by atoms with Gasteiger partial charge >= 0.3 is 0 Å². The van der Waals surface area contributed by atoms with Gasteiger partial charge in [0.2, 0.25) is 5.82 Å². The molecular weight excluding hydrogens is 307 g/mol. The monoisotopic (exact) mass is 314 g/mol. The maximum atomic E-state index is 9.44. The molecule has 2 heterocycles. The summed E-state index contributed by atoms with van der Waals surface area (Å²) in [6.45, 7) is 0. The highest BCUT2D eigenvalue weighted by Crippen LogP contribution is 2.30. The fourth-order valence-electron chi connectivity index (χ4n) is 1.19. The summed E-state index contributed by atoms with van der Waals surface area (Å²) in [7, 11) is 0. The average molecular weight is 314 g/mol. The maximum absolute atomic E-state index is 9.44. The first-order valence-electron chi connectivity index (χ1n) is 3.75. The van der Waals surface area contributed by atoms with Gasteiger partial charge in [-0.15, -0.1) is 13.2 Å². The molecule has 8 nitrogen and oxygen atoms in total. The Hall–Kier alpha value is -0.360. The van der Waals surface area contributed by atoms with E-state index >= 15 is 0 Å². The fraction of sp³-hybridized carbons (Fsp3) is 0.800. The van der Waals surface area contributed by atoms with E-state index in [0.717, 1.165) is 0 Å². The molecule has 0 unspecified atom stereocenters. The minimum absolute atomic E-state index is 0.127. The molecule has 4 atom stereocenters. The number of ether oxygens (including phenoxy) is 1. The van der Waals surface area contributed by atoms with E-state index in [-0.39, 0.29) is 5.82 Å². The van der Waals surface area contributed by atoms with Crippen molar-refractivity contribution in [1.82, 2.24) is 18.4 Å². The lowest BCUT2D eigenvalue weighted by Gasteiger charge is -2.09. The van der Waals surface area contributed by atoms with Gasteiger partial charge < -0.3 is 20.1 Å². The second-order valence-corrected chi connectivity index (χ2v) is 3.68. The van der Waals surface area contributed by atoms with E-state index < -0.39 is 24.6 Å². The zero-order valence-corrected chi connectivity index (χ0v) is 8.88. The Balaban J connectivity index is 2.20. The van der Waals surface area contributed by atoms with Crippen LogP contribution in [0.15, 0.2) is 0 Å². The third-order valence-electron chi connectivity index (χ3n) is 1.90. The molecule has 1 aliphatic rings. The van der Waals surface area contributed by atoms with Gasteiger partial charge in [-0.25, -0.2) is 0 Å². The van der Waals surface area contributed by atoms with E-state index in [9.17, 15) is 10.2 Å². The van der Waals surface area contributed by atoms with E-state index in [0.29, 0.717) is 0 Å². The second kappa shape index (κ2) is 3.66. The Labute approximate surface area is 92.0 Å². The summed E-state index contributed by atoms with van der Waals surface area (Å²) in [6.07, 6.45) is -4.95. The fourth-order valence-corrected chi connectivity index (χ4v) is 1.51. The second-order valence-electron chi connectivity index (χ2n) is 2.82. The van der Waals surface area contributed by atoms with Crippen LogP contribution in [0.25, 0.3) is 0 Å². The minimum atomic E-state index is -1.42. The van der Waals surface area contributed by atoms with Gasteiger partial charge in [0.15, 0.2) is 12.4 Å². The highest BCUT2D eigenvalue weighted by molar-refractivity contribution is 14.1. The van der Waals surface area contributed by atoms with Crippen molar-refractivity contribution in [2.24, 2.45) is 0 Å². The van der Waals surface area contributed by atoms with Gasteiger partial charge in [0.1, 0.15) is 35.1 Å². The van der Waals surface area contributed by atoms with Crippen molar-refractivity contribution in [3.8, 4) is 0 Å². The lowest BCUT2D eigenvalue weighted by molar-refractivity contribution is -0.129. The topological polar surface area (TPSA) is 114 Å². The maximum Gasteiger partial charge on any atom is 0.207 e. The van der Waals surface area contributed by atoms with Crippen LogP contribution >= 0.6 is 22.9 Å². The predicted molar refractivity (Wildman–Crippen MR) is 49.1 cm³/mol. The number of hydrogen-bond acceptors (Lipinski definition) is 7. The van der Waals surface area contributed by atoms with Crippen molar-refractivity contribution in [2.75, 3.05) is 0 Å². The Morgan fingerprint density at radius 2 is 2.00 bits per heavy atom. The molecule has 3 N–H and O–H groups in total. The highest BCUT2D eigenvalue weighted by atomic mass is 127. The normalized spacial score (nSPS) is 37.7. The first-order valence-corrected chi connectivity index (χ1v) is 4.72. The molecule has 2 rings (SSSR count). The molecule has 0 aliphatic carbocycles. The van der Waals surface area contributed by atoms with Crippen LogP contribution in [-0.2, 0) is 4.74 Å². The first-order chi connectivity index (χ1) is 6.59. The number of aliphatic hydroxyl groups is 3. The van der Waals surface area contributed by atoms with Crippen LogP contribution in [-0.4, -0.2) is 52.2 Å². The molecule has 1 saturated heterocycles. The summed E-state index contributed by atoms with van der Waals surface area (Å²) >= 11 is 1.77. The summed E-state index contributed by atoms with van der Waals surface area (Å²) < 4.78 is 6.03. The molecule has 14 heavy (non-hydrogen) atoms. The largest absolute Gasteiger partial charge is 0.387 e. The number of nitrogens with zero attached hydrogens (tertiary/aromatic N) is 4. The molecule has 0 spiro atoms. The van der Waals surface area contributed by atoms with Gasteiger partial charge in [-0.05, 0) is 5.21 Å². The zero-order valence-electron chi connectivity index (χ0n) is 6.73. The molecule has 1 aromatic heterocycles. The van der Waals surface area contributed by atoms with E-state index in [1.807, 2.05) is 0 Å². The lowest BCUT2D eigenvalue weighted by Crippen LogP contribution is -2.30. The van der Waals surface area contributed by atoms with Gasteiger partial charge in [-0.2, -0.15) is 0 Å². The van der Waals surface area contributed by atoms with E-state index in [1.165, 1.54) is 3.01 Å². The van der Waals surface area contributed by atoms with Crippen LogP contribution < -0.4 is 0 Å². The molecule has 0 saturated carbocycles. The van der Waals surface area contributed by atoms with Crippen LogP contribution in [0.4, 0.5) is 0 Å². The summed E-state index contributed by atoms with van der Waals surface area (Å²) in [5.41, 5.74) is 0. The molecule has 0 aromatic carbocycles. The molecule has 9 heteroatoms. The number of aliphatic hydroxyl groups excluding tert-OH is 3. The Morgan fingerprint density at radius 1 is 1.29 bits per heavy atom. The zero-order chi connectivity index (χ0) is 10.3. The number of aromatic nitrogens is 4. The van der Waals surface area contributed by atoms with Gasteiger partial charge in [0.05, 0.1) is 0 Å². The predicted octanol–water partition coefficient (Wildman–Crippen LogP) is -2.02. The van der Waals surface area contributed by atoms with E-state index in [1.54, 1.807) is 22.9 Å². The SMILES string of the molecule is O[C@@H]1[C@H](O)[C@@H](c2nnn(I)n2)O[C@H]1O. The molecular formula is C5H7IN4O4. The minimum Gasteiger partial charge on any atom is -0.387 e. The molecule has 78 valence electrons. The van der Waals surface area contributed by atoms with Crippen LogP contribution in [0, 0.1) is 0 Å². The van der Waals surface area contributed by atoms with Crippen molar-refractivity contribution < 1.29 is 20.1 Å². The van der Waals surface area contributed by atoms with E-state index in [2.05, 4.69) is 15.4 Å². The third kappa shape index (κ3) is 1.61. The van der Waals surface area contributed by atoms with Crippen LogP contribution in [0.5, 0.6) is 0 Å². The van der Waals surface area contributed by atoms with Crippen LogP contribution in [0.2, 0.25) is 0 Å². The summed E-state index contributed by atoms with van der Waals surface area (Å²) in [5.74, 6) is 0.127. The van der Waals surface area contributed by atoms with Crippen LogP contribution in [0.3, 0.4) is 0 Å². The first kappa shape index (κ1) is 10.2. The number of halogens is 1. The van der Waals surface area contributed by atoms with Crippen molar-refractivity contribution >= 4 is 22.9 Å². The molecule has 0 bridgehead atoms. The summed E-state index contributed by atoms with van der Waals surface area (Å²) in [4.78, 5) is 0. The lowest BCUT2D eigenvalue weighted by atomic mass is 10.1. The average Bonchev–Trinajstić information content (AvgIpc) is 2.66. The third-order valence-corrected chi connectivity index (χ3v) is 2.31. The standard InChI is InChI=1S/C5H7IN4O4/c6-10-8-4(7-9-10)3-1(11)2(12)5(13)14-3/h1-3,5,11-13H/t1-,2+,3-,5+/m0/s1. The smallest absolute Gasteiger partial charge is 0.207 e. The van der Waals surface area contributed by atoms with Gasteiger partial charge in [-0.1, -0.05) is 0 Å². The number of tetrazole rings is 1. The Kier molecular flexibility index (Phi) is 2.66. The highest BCUT2D eigenvalue weighted by Gasteiger charge is 2.44. The van der Waals surface area contributed by atoms with Crippen molar-refractivity contribution in [3.05, 3.63) is 5.82 Å². The Morgan fingerprint density at radius 3 is 2.43 bits per heavy atom. The van der Waals surface area contributed by atoms with E-state index in [4.69, 9.17) is 9.84 Å².